The molecule has 2 atom stereocenters. The number of piperidine rings is 1. The third-order valence-electron chi connectivity index (χ3n) is 4.99. The van der Waals surface area contributed by atoms with E-state index in [1.807, 2.05) is 0 Å². The molecule has 1 aliphatic rings. The van der Waals surface area contributed by atoms with Crippen LogP contribution in [0.5, 0.6) is 0 Å². The lowest BCUT2D eigenvalue weighted by atomic mass is 9.97. The molecule has 1 saturated heterocycles. The SMILES string of the molecule is CC(NC(=O)C1CCCN(S(=O)(=O)c2ccc(Cl)cc2)C1)c1ccc(F)cc1F. The van der Waals surface area contributed by atoms with Gasteiger partial charge in [-0.3, -0.25) is 4.79 Å². The molecule has 0 bridgehead atoms. The average molecular weight is 443 g/mol. The molecular formula is C20H21ClF2N2O3S. The fraction of sp³-hybridized carbons (Fsp3) is 0.350. The van der Waals surface area contributed by atoms with Gasteiger partial charge in [0.1, 0.15) is 11.6 Å². The number of rotatable bonds is 5. The minimum Gasteiger partial charge on any atom is -0.349 e. The topological polar surface area (TPSA) is 66.5 Å². The fourth-order valence-electron chi connectivity index (χ4n) is 3.39. The van der Waals surface area contributed by atoms with Crippen molar-refractivity contribution in [3.63, 3.8) is 0 Å². The van der Waals surface area contributed by atoms with Gasteiger partial charge in [0.25, 0.3) is 0 Å². The first-order valence-corrected chi connectivity index (χ1v) is 11.0. The van der Waals surface area contributed by atoms with E-state index in [4.69, 9.17) is 11.6 Å². The maximum atomic E-state index is 13.9. The highest BCUT2D eigenvalue weighted by Crippen LogP contribution is 2.26. The molecule has 1 aliphatic heterocycles. The number of halogens is 3. The van der Waals surface area contributed by atoms with Crippen LogP contribution in [0, 0.1) is 17.6 Å². The molecule has 2 aromatic rings. The van der Waals surface area contributed by atoms with E-state index in [9.17, 15) is 22.0 Å². The molecule has 1 N–H and O–H groups in total. The molecule has 2 aromatic carbocycles. The Kier molecular flexibility index (Phi) is 6.55. The molecule has 0 aliphatic carbocycles. The summed E-state index contributed by atoms with van der Waals surface area (Å²) in [6, 6.07) is 8.37. The third-order valence-corrected chi connectivity index (χ3v) is 7.13. The molecule has 156 valence electrons. The quantitative estimate of drug-likeness (QED) is 0.763. The number of hydrogen-bond acceptors (Lipinski definition) is 3. The van der Waals surface area contributed by atoms with Crippen LogP contribution in [0.4, 0.5) is 8.78 Å². The summed E-state index contributed by atoms with van der Waals surface area (Å²) < 4.78 is 54.0. The second-order valence-corrected chi connectivity index (χ2v) is 9.43. The largest absolute Gasteiger partial charge is 0.349 e. The van der Waals surface area contributed by atoms with Crippen molar-refractivity contribution >= 4 is 27.5 Å². The van der Waals surface area contributed by atoms with Gasteiger partial charge in [0.05, 0.1) is 16.9 Å². The van der Waals surface area contributed by atoms with Crippen LogP contribution < -0.4 is 5.32 Å². The van der Waals surface area contributed by atoms with Crippen LogP contribution in [-0.4, -0.2) is 31.7 Å². The summed E-state index contributed by atoms with van der Waals surface area (Å²) in [6.45, 7) is 1.95. The zero-order chi connectivity index (χ0) is 21.2. The lowest BCUT2D eigenvalue weighted by Crippen LogP contribution is -2.45. The van der Waals surface area contributed by atoms with Gasteiger partial charge >= 0.3 is 0 Å². The predicted octanol–water partition coefficient (Wildman–Crippen LogP) is 3.90. The minimum atomic E-state index is -3.74. The third kappa shape index (κ3) is 4.94. The number of sulfonamides is 1. The van der Waals surface area contributed by atoms with Gasteiger partial charge in [-0.25, -0.2) is 17.2 Å². The van der Waals surface area contributed by atoms with E-state index >= 15 is 0 Å². The minimum absolute atomic E-state index is 0.0371. The second-order valence-electron chi connectivity index (χ2n) is 7.05. The Morgan fingerprint density at radius 2 is 1.90 bits per heavy atom. The molecule has 1 amide bonds. The van der Waals surface area contributed by atoms with Crippen molar-refractivity contribution in [2.75, 3.05) is 13.1 Å². The standard InChI is InChI=1S/C20H21ClF2N2O3S/c1-13(18-9-6-16(22)11-19(18)23)24-20(26)14-3-2-10-25(12-14)29(27,28)17-7-4-15(21)5-8-17/h4-9,11,13-14H,2-3,10,12H2,1H3,(H,24,26). The van der Waals surface area contributed by atoms with Crippen LogP contribution in [0.25, 0.3) is 0 Å². The van der Waals surface area contributed by atoms with Crippen LogP contribution in [-0.2, 0) is 14.8 Å². The first kappa shape index (κ1) is 21.7. The first-order chi connectivity index (χ1) is 13.7. The summed E-state index contributed by atoms with van der Waals surface area (Å²) in [5.74, 6) is -2.36. The van der Waals surface area contributed by atoms with Gasteiger partial charge in [-0.2, -0.15) is 4.31 Å². The second kappa shape index (κ2) is 8.77. The van der Waals surface area contributed by atoms with Crippen LogP contribution >= 0.6 is 11.6 Å². The Balaban J connectivity index is 1.69. The van der Waals surface area contributed by atoms with Crippen molar-refractivity contribution in [3.05, 3.63) is 64.7 Å². The van der Waals surface area contributed by atoms with Crippen molar-refractivity contribution in [3.8, 4) is 0 Å². The summed E-state index contributed by atoms with van der Waals surface area (Å²) in [6.07, 6.45) is 1.06. The molecule has 0 saturated carbocycles. The number of hydrogen-bond donors (Lipinski definition) is 1. The molecular weight excluding hydrogens is 422 g/mol. The number of amides is 1. The lowest BCUT2D eigenvalue weighted by molar-refractivity contribution is -0.126. The maximum Gasteiger partial charge on any atom is 0.243 e. The van der Waals surface area contributed by atoms with Crippen molar-refractivity contribution in [2.45, 2.75) is 30.7 Å². The van der Waals surface area contributed by atoms with E-state index < -0.39 is 33.6 Å². The molecule has 1 heterocycles. The molecule has 0 spiro atoms. The zero-order valence-corrected chi connectivity index (χ0v) is 17.3. The number of nitrogens with one attached hydrogen (secondary N) is 1. The van der Waals surface area contributed by atoms with E-state index in [0.29, 0.717) is 24.4 Å². The Morgan fingerprint density at radius 3 is 2.55 bits per heavy atom. The highest BCUT2D eigenvalue weighted by atomic mass is 35.5. The summed E-state index contributed by atoms with van der Waals surface area (Å²) >= 11 is 5.82. The average Bonchev–Trinajstić information content (AvgIpc) is 2.68. The van der Waals surface area contributed by atoms with Gasteiger partial charge in [-0.15, -0.1) is 0 Å². The fourth-order valence-corrected chi connectivity index (χ4v) is 5.04. The Labute approximate surface area is 173 Å². The Morgan fingerprint density at radius 1 is 1.21 bits per heavy atom. The molecule has 5 nitrogen and oxygen atoms in total. The number of benzene rings is 2. The number of carbonyl (C=O) groups is 1. The Bertz CT molecular complexity index is 999. The maximum absolute atomic E-state index is 13.9. The van der Waals surface area contributed by atoms with E-state index in [0.717, 1.165) is 12.1 Å². The predicted molar refractivity (Wildman–Crippen MR) is 106 cm³/mol. The summed E-state index contributed by atoms with van der Waals surface area (Å²) in [7, 11) is -3.74. The van der Waals surface area contributed by atoms with Gasteiger partial charge in [0.2, 0.25) is 15.9 Å². The molecule has 3 rings (SSSR count). The van der Waals surface area contributed by atoms with Crippen molar-refractivity contribution in [1.82, 2.24) is 9.62 Å². The van der Waals surface area contributed by atoms with Crippen LogP contribution in [0.3, 0.4) is 0 Å². The molecule has 2 unspecified atom stereocenters. The van der Waals surface area contributed by atoms with Gasteiger partial charge in [0, 0.05) is 29.7 Å². The van der Waals surface area contributed by atoms with Gasteiger partial charge in [-0.1, -0.05) is 17.7 Å². The van der Waals surface area contributed by atoms with Gasteiger partial charge < -0.3 is 5.32 Å². The highest BCUT2D eigenvalue weighted by molar-refractivity contribution is 7.89. The molecule has 29 heavy (non-hydrogen) atoms. The summed E-state index contributed by atoms with van der Waals surface area (Å²) in [5.41, 5.74) is 0.168. The monoisotopic (exact) mass is 442 g/mol. The summed E-state index contributed by atoms with van der Waals surface area (Å²) in [4.78, 5) is 12.8. The Hall–Kier alpha value is -2.03. The van der Waals surface area contributed by atoms with E-state index in [1.54, 1.807) is 6.92 Å². The molecule has 0 aromatic heterocycles. The van der Waals surface area contributed by atoms with Crippen molar-refractivity contribution < 1.29 is 22.0 Å². The molecule has 9 heteroatoms. The smallest absolute Gasteiger partial charge is 0.243 e. The highest BCUT2D eigenvalue weighted by Gasteiger charge is 2.33. The van der Waals surface area contributed by atoms with Gasteiger partial charge in [-0.05, 0) is 50.1 Å². The zero-order valence-electron chi connectivity index (χ0n) is 15.7. The van der Waals surface area contributed by atoms with Gasteiger partial charge in [0.15, 0.2) is 0 Å². The first-order valence-electron chi connectivity index (χ1n) is 9.19. The number of nitrogens with zero attached hydrogens (tertiary/aromatic N) is 1. The number of carbonyl (C=O) groups excluding carboxylic acids is 1. The van der Waals surface area contributed by atoms with Crippen LogP contribution in [0.1, 0.15) is 31.4 Å². The van der Waals surface area contributed by atoms with E-state index in [-0.39, 0.29) is 22.9 Å². The molecule has 0 radical (unpaired) electrons. The van der Waals surface area contributed by atoms with E-state index in [1.165, 1.54) is 34.6 Å². The van der Waals surface area contributed by atoms with Crippen molar-refractivity contribution in [1.29, 1.82) is 0 Å². The lowest BCUT2D eigenvalue weighted by Gasteiger charge is -2.32. The normalized spacial score (nSPS) is 19.0. The van der Waals surface area contributed by atoms with E-state index in [2.05, 4.69) is 5.32 Å². The van der Waals surface area contributed by atoms with Crippen LogP contribution in [0.2, 0.25) is 5.02 Å². The van der Waals surface area contributed by atoms with Crippen LogP contribution in [0.15, 0.2) is 47.4 Å². The van der Waals surface area contributed by atoms with Crippen molar-refractivity contribution in [2.24, 2.45) is 5.92 Å². The molecule has 1 fully saturated rings. The summed E-state index contributed by atoms with van der Waals surface area (Å²) in [5, 5.41) is 3.14.